The first-order valence-electron chi connectivity index (χ1n) is 12.6. The third-order valence-corrected chi connectivity index (χ3v) is 6.70. The van der Waals surface area contributed by atoms with Crippen molar-refractivity contribution in [1.29, 1.82) is 0 Å². The van der Waals surface area contributed by atoms with Crippen molar-refractivity contribution in [1.82, 2.24) is 5.32 Å². The lowest BCUT2D eigenvalue weighted by Gasteiger charge is -2.42. The number of rotatable bonds is 7. The summed E-state index contributed by atoms with van der Waals surface area (Å²) in [4.78, 5) is 37.5. The maximum atomic E-state index is 12.7. The smallest absolute Gasteiger partial charge is 0.412 e. The van der Waals surface area contributed by atoms with Crippen LogP contribution >= 0.6 is 0 Å². The Hall–Kier alpha value is -3.67. The molecule has 1 aliphatic heterocycles. The van der Waals surface area contributed by atoms with E-state index in [4.69, 9.17) is 14.2 Å². The number of carbonyl (C=O) groups excluding carboxylic acids is 3. The molecular formula is C27H33N3O8. The summed E-state index contributed by atoms with van der Waals surface area (Å²) in [6.45, 7) is 3.37. The van der Waals surface area contributed by atoms with E-state index in [0.717, 1.165) is 17.5 Å². The van der Waals surface area contributed by atoms with Gasteiger partial charge in [-0.25, -0.2) is 9.59 Å². The molecule has 1 saturated carbocycles. The van der Waals surface area contributed by atoms with Crippen LogP contribution in [0, 0.1) is 19.8 Å². The summed E-state index contributed by atoms with van der Waals surface area (Å²) < 4.78 is 16.1. The predicted molar refractivity (Wildman–Crippen MR) is 137 cm³/mol. The first kappa shape index (κ1) is 27.4. The zero-order valence-corrected chi connectivity index (χ0v) is 21.3. The van der Waals surface area contributed by atoms with Gasteiger partial charge in [0.15, 0.2) is 12.4 Å². The van der Waals surface area contributed by atoms with Crippen LogP contribution in [0.4, 0.5) is 21.0 Å². The SMILES string of the molecule is Cc1ccc(NC(=O)OC[C@H]2O[C@@H](O)[C@H](NC(=O)C3CCC3)[C@@H](OC(=O)Nc3ccc(C)cc3)[C@@H]2O)cc1. The van der Waals surface area contributed by atoms with Crippen molar-refractivity contribution in [3.05, 3.63) is 59.7 Å². The second-order valence-electron chi connectivity index (χ2n) is 9.67. The van der Waals surface area contributed by atoms with E-state index in [1.54, 1.807) is 36.4 Å². The van der Waals surface area contributed by atoms with Crippen LogP contribution in [0.5, 0.6) is 0 Å². The summed E-state index contributed by atoms with van der Waals surface area (Å²) in [5.74, 6) is -0.538. The Kier molecular flexibility index (Phi) is 8.82. The van der Waals surface area contributed by atoms with Crippen molar-refractivity contribution in [3.8, 4) is 0 Å². The van der Waals surface area contributed by atoms with Gasteiger partial charge in [0.25, 0.3) is 0 Å². The van der Waals surface area contributed by atoms with Gasteiger partial charge >= 0.3 is 12.2 Å². The number of nitrogens with one attached hydrogen (secondary N) is 3. The van der Waals surface area contributed by atoms with Gasteiger partial charge in [-0.1, -0.05) is 41.8 Å². The molecule has 0 unspecified atom stereocenters. The molecule has 11 nitrogen and oxygen atoms in total. The number of benzene rings is 2. The number of anilines is 2. The van der Waals surface area contributed by atoms with Crippen LogP contribution in [0.15, 0.2) is 48.5 Å². The van der Waals surface area contributed by atoms with E-state index in [2.05, 4.69) is 16.0 Å². The van der Waals surface area contributed by atoms with Crippen LogP contribution in [0.2, 0.25) is 0 Å². The molecule has 1 heterocycles. The van der Waals surface area contributed by atoms with Crippen LogP contribution in [0.1, 0.15) is 30.4 Å². The molecule has 2 aromatic rings. The number of aliphatic hydroxyl groups excluding tert-OH is 2. The molecule has 11 heteroatoms. The number of hydrogen-bond acceptors (Lipinski definition) is 8. The molecule has 38 heavy (non-hydrogen) atoms. The van der Waals surface area contributed by atoms with Crippen LogP contribution < -0.4 is 16.0 Å². The third-order valence-electron chi connectivity index (χ3n) is 6.70. The highest BCUT2D eigenvalue weighted by Crippen LogP contribution is 2.29. The fourth-order valence-electron chi connectivity index (χ4n) is 4.17. The van der Waals surface area contributed by atoms with E-state index in [0.29, 0.717) is 24.2 Å². The lowest BCUT2D eigenvalue weighted by Crippen LogP contribution is -2.66. The van der Waals surface area contributed by atoms with Crippen molar-refractivity contribution in [2.45, 2.75) is 63.8 Å². The van der Waals surface area contributed by atoms with Gasteiger partial charge in [0.1, 0.15) is 24.9 Å². The Balaban J connectivity index is 1.41. The molecule has 0 bridgehead atoms. The van der Waals surface area contributed by atoms with Crippen molar-refractivity contribution in [3.63, 3.8) is 0 Å². The van der Waals surface area contributed by atoms with E-state index >= 15 is 0 Å². The quantitative estimate of drug-likeness (QED) is 0.368. The minimum Gasteiger partial charge on any atom is -0.446 e. The van der Waals surface area contributed by atoms with Crippen LogP contribution in [-0.4, -0.2) is 65.6 Å². The topological polar surface area (TPSA) is 155 Å². The standard InChI is InChI=1S/C27H33N3O8/c1-15-6-10-18(11-7-15)28-26(34)36-14-20-22(31)23(38-27(35)29-19-12-8-16(2)9-13-19)21(25(33)37-20)30-24(32)17-4-3-5-17/h6-13,17,20-23,25,31,33H,3-5,14H2,1-2H3,(H,28,34)(H,29,35)(H,30,32)/t20-,21-,22-,23-,25-/m1/s1. The van der Waals surface area contributed by atoms with Crippen molar-refractivity contribution >= 4 is 29.5 Å². The van der Waals surface area contributed by atoms with Gasteiger partial charge in [0.2, 0.25) is 5.91 Å². The molecule has 1 aliphatic carbocycles. The maximum absolute atomic E-state index is 12.7. The summed E-state index contributed by atoms with van der Waals surface area (Å²) in [6.07, 6.45) is -5.12. The zero-order valence-electron chi connectivity index (χ0n) is 21.3. The van der Waals surface area contributed by atoms with Crippen LogP contribution in [-0.2, 0) is 19.0 Å². The molecule has 0 radical (unpaired) electrons. The summed E-state index contributed by atoms with van der Waals surface area (Å²) in [7, 11) is 0. The van der Waals surface area contributed by atoms with E-state index < -0.39 is 49.4 Å². The Morgan fingerprint density at radius 3 is 1.97 bits per heavy atom. The Morgan fingerprint density at radius 2 is 1.45 bits per heavy atom. The molecule has 0 spiro atoms. The summed E-state index contributed by atoms with van der Waals surface area (Å²) >= 11 is 0. The highest BCUT2D eigenvalue weighted by Gasteiger charge is 2.49. The highest BCUT2D eigenvalue weighted by molar-refractivity contribution is 5.85. The minimum atomic E-state index is -1.63. The largest absolute Gasteiger partial charge is 0.446 e. The van der Waals surface area contributed by atoms with Gasteiger partial charge < -0.3 is 29.7 Å². The summed E-state index contributed by atoms with van der Waals surface area (Å²) in [5.41, 5.74) is 3.00. The van der Waals surface area contributed by atoms with Crippen molar-refractivity contribution in [2.75, 3.05) is 17.2 Å². The summed E-state index contributed by atoms with van der Waals surface area (Å²) in [6, 6.07) is 12.8. The van der Waals surface area contributed by atoms with Gasteiger partial charge in [-0.3, -0.25) is 15.4 Å². The molecule has 0 aromatic heterocycles. The van der Waals surface area contributed by atoms with E-state index in [-0.39, 0.29) is 11.8 Å². The third kappa shape index (κ3) is 7.00. The number of carbonyl (C=O) groups is 3. The van der Waals surface area contributed by atoms with Gasteiger partial charge in [-0.15, -0.1) is 0 Å². The van der Waals surface area contributed by atoms with E-state index in [9.17, 15) is 24.6 Å². The lowest BCUT2D eigenvalue weighted by atomic mass is 9.84. The number of aliphatic hydroxyl groups is 2. The first-order valence-corrected chi connectivity index (χ1v) is 12.6. The molecular weight excluding hydrogens is 494 g/mol. The van der Waals surface area contributed by atoms with Crippen LogP contribution in [0.25, 0.3) is 0 Å². The second kappa shape index (κ2) is 12.2. The Labute approximate surface area is 220 Å². The minimum absolute atomic E-state index is 0.215. The van der Waals surface area contributed by atoms with Gasteiger partial charge in [-0.05, 0) is 51.0 Å². The predicted octanol–water partition coefficient (Wildman–Crippen LogP) is 2.83. The summed E-state index contributed by atoms with van der Waals surface area (Å²) in [5, 5.41) is 29.5. The molecule has 3 amide bonds. The van der Waals surface area contributed by atoms with Gasteiger partial charge in [0, 0.05) is 17.3 Å². The molecule has 2 aliphatic rings. The average Bonchev–Trinajstić information content (AvgIpc) is 2.84. The highest BCUT2D eigenvalue weighted by atomic mass is 16.7. The molecule has 5 N–H and O–H groups in total. The molecule has 204 valence electrons. The number of ether oxygens (including phenoxy) is 3. The Bertz CT molecular complexity index is 1120. The molecule has 2 fully saturated rings. The molecule has 5 atom stereocenters. The first-order chi connectivity index (χ1) is 18.2. The second-order valence-corrected chi connectivity index (χ2v) is 9.67. The Morgan fingerprint density at radius 1 is 0.895 bits per heavy atom. The number of amides is 3. The number of hydrogen-bond donors (Lipinski definition) is 5. The normalized spacial score (nSPS) is 25.0. The van der Waals surface area contributed by atoms with Crippen molar-refractivity contribution in [2.24, 2.45) is 5.92 Å². The van der Waals surface area contributed by atoms with E-state index in [1.807, 2.05) is 26.0 Å². The zero-order chi connectivity index (χ0) is 27.2. The fraction of sp³-hybridized carbons (Fsp3) is 0.444. The molecule has 4 rings (SSSR count). The van der Waals surface area contributed by atoms with Crippen LogP contribution in [0.3, 0.4) is 0 Å². The molecule has 1 saturated heterocycles. The monoisotopic (exact) mass is 527 g/mol. The maximum Gasteiger partial charge on any atom is 0.412 e. The van der Waals surface area contributed by atoms with Gasteiger partial charge in [-0.2, -0.15) is 0 Å². The molecule has 2 aromatic carbocycles. The fourth-order valence-corrected chi connectivity index (χ4v) is 4.17. The lowest BCUT2D eigenvalue weighted by molar-refractivity contribution is -0.252. The van der Waals surface area contributed by atoms with Gasteiger partial charge in [0.05, 0.1) is 0 Å². The number of aryl methyl sites for hydroxylation is 2. The van der Waals surface area contributed by atoms with E-state index in [1.165, 1.54) is 0 Å². The average molecular weight is 528 g/mol. The van der Waals surface area contributed by atoms with Crippen molar-refractivity contribution < 1.29 is 38.8 Å².